The summed E-state index contributed by atoms with van der Waals surface area (Å²) in [5.74, 6) is -1.18. The number of benzene rings is 1. The van der Waals surface area contributed by atoms with Crippen LogP contribution in [0.25, 0.3) is 0 Å². The number of likely N-dealkylation sites (tertiary alicyclic amines) is 1. The molecule has 156 valence electrons. The van der Waals surface area contributed by atoms with E-state index in [-0.39, 0.29) is 22.6 Å². The Hall–Kier alpha value is -1.97. The van der Waals surface area contributed by atoms with Gasteiger partial charge in [-0.1, -0.05) is 6.07 Å². The van der Waals surface area contributed by atoms with Gasteiger partial charge in [0.1, 0.15) is 11.4 Å². The largest absolute Gasteiger partial charge is 0.573 e. The van der Waals surface area contributed by atoms with Crippen molar-refractivity contribution in [1.82, 2.24) is 10.2 Å². The topological polar surface area (TPSA) is 67.9 Å². The molecule has 0 spiro atoms. The third kappa shape index (κ3) is 6.57. The maximum Gasteiger partial charge on any atom is 0.573 e. The Morgan fingerprint density at radius 2 is 1.93 bits per heavy atom. The van der Waals surface area contributed by atoms with Gasteiger partial charge in [-0.05, 0) is 61.7 Å². The molecule has 1 fully saturated rings. The van der Waals surface area contributed by atoms with Crippen LogP contribution in [0.2, 0.25) is 0 Å². The Labute approximate surface area is 169 Å². The molecule has 6 nitrogen and oxygen atoms in total. The summed E-state index contributed by atoms with van der Waals surface area (Å²) in [5.41, 5.74) is -0.870. The lowest BCUT2D eigenvalue weighted by Crippen LogP contribution is -2.50. The van der Waals surface area contributed by atoms with E-state index in [1.807, 2.05) is 0 Å². The minimum atomic E-state index is -4.92. The van der Waals surface area contributed by atoms with E-state index in [0.29, 0.717) is 19.4 Å². The zero-order valence-electron chi connectivity index (χ0n) is 15.7. The van der Waals surface area contributed by atoms with Crippen molar-refractivity contribution in [3.63, 3.8) is 0 Å². The SMILES string of the molecule is CC(C)(C)OC(=O)NC1CCCN(C(=O)c2c(Br)cccc2OC(F)(F)F)C1. The van der Waals surface area contributed by atoms with E-state index in [4.69, 9.17) is 4.74 Å². The standard InChI is InChI=1S/C18H22BrF3N2O4/c1-17(2,3)28-16(26)23-11-6-5-9-24(10-11)15(25)14-12(19)7-4-8-13(14)27-18(20,21)22/h4,7-8,11H,5-6,9-10H2,1-3H3,(H,23,26). The maximum absolute atomic E-state index is 12.9. The zero-order valence-corrected chi connectivity index (χ0v) is 17.3. The first-order valence-electron chi connectivity index (χ1n) is 8.69. The highest BCUT2D eigenvalue weighted by Gasteiger charge is 2.35. The molecule has 0 aliphatic carbocycles. The number of alkyl carbamates (subject to hydrolysis) is 1. The summed E-state index contributed by atoms with van der Waals surface area (Å²) in [5, 5.41) is 2.70. The second-order valence-corrected chi connectivity index (χ2v) is 8.25. The first kappa shape index (κ1) is 22.3. The lowest BCUT2D eigenvalue weighted by atomic mass is 10.0. The predicted molar refractivity (Wildman–Crippen MR) is 99.1 cm³/mol. The Kier molecular flexibility index (Phi) is 6.84. The van der Waals surface area contributed by atoms with Crippen molar-refractivity contribution in [2.75, 3.05) is 13.1 Å². The highest BCUT2D eigenvalue weighted by molar-refractivity contribution is 9.10. The third-order valence-corrected chi connectivity index (χ3v) is 4.51. The van der Waals surface area contributed by atoms with Crippen molar-refractivity contribution in [2.24, 2.45) is 0 Å². The van der Waals surface area contributed by atoms with Gasteiger partial charge in [0, 0.05) is 23.6 Å². The van der Waals surface area contributed by atoms with Crippen molar-refractivity contribution < 1.29 is 32.2 Å². The van der Waals surface area contributed by atoms with Gasteiger partial charge in [0.2, 0.25) is 0 Å². The average molecular weight is 467 g/mol. The molecule has 1 saturated heterocycles. The quantitative estimate of drug-likeness (QED) is 0.712. The van der Waals surface area contributed by atoms with Crippen LogP contribution in [-0.2, 0) is 4.74 Å². The van der Waals surface area contributed by atoms with E-state index in [1.165, 1.54) is 17.0 Å². The molecule has 1 heterocycles. The lowest BCUT2D eigenvalue weighted by Gasteiger charge is -2.34. The Morgan fingerprint density at radius 3 is 2.54 bits per heavy atom. The molecule has 0 radical (unpaired) electrons. The molecule has 0 aromatic heterocycles. The van der Waals surface area contributed by atoms with Gasteiger partial charge in [-0.15, -0.1) is 13.2 Å². The minimum absolute atomic E-state index is 0.158. The van der Waals surface area contributed by atoms with Crippen LogP contribution in [0.3, 0.4) is 0 Å². The number of carbonyl (C=O) groups is 2. The fourth-order valence-electron chi connectivity index (χ4n) is 2.83. The number of halogens is 4. The number of alkyl halides is 3. The first-order valence-corrected chi connectivity index (χ1v) is 9.48. The summed E-state index contributed by atoms with van der Waals surface area (Å²) < 4.78 is 47.4. The van der Waals surface area contributed by atoms with E-state index < -0.39 is 29.7 Å². The van der Waals surface area contributed by atoms with Gasteiger partial charge >= 0.3 is 12.5 Å². The lowest BCUT2D eigenvalue weighted by molar-refractivity contribution is -0.274. The fraction of sp³-hybridized carbons (Fsp3) is 0.556. The van der Waals surface area contributed by atoms with Crippen molar-refractivity contribution >= 4 is 27.9 Å². The van der Waals surface area contributed by atoms with Gasteiger partial charge in [-0.25, -0.2) is 4.79 Å². The predicted octanol–water partition coefficient (Wildman–Crippen LogP) is 4.48. The summed E-state index contributed by atoms with van der Waals surface area (Å²) in [6.07, 6.45) is -4.30. The van der Waals surface area contributed by atoms with Crippen LogP contribution in [0.4, 0.5) is 18.0 Å². The molecule has 1 aliphatic heterocycles. The van der Waals surface area contributed by atoms with Gasteiger partial charge in [0.25, 0.3) is 5.91 Å². The molecule has 28 heavy (non-hydrogen) atoms. The molecule has 10 heteroatoms. The number of piperidine rings is 1. The highest BCUT2D eigenvalue weighted by atomic mass is 79.9. The molecule has 2 amide bonds. The Balaban J connectivity index is 2.13. The zero-order chi connectivity index (χ0) is 21.1. The van der Waals surface area contributed by atoms with Crippen molar-refractivity contribution in [3.8, 4) is 5.75 Å². The smallest absolute Gasteiger partial charge is 0.444 e. The third-order valence-electron chi connectivity index (χ3n) is 3.84. The Bertz CT molecular complexity index is 735. The number of nitrogens with zero attached hydrogens (tertiary/aromatic N) is 1. The molecule has 1 unspecified atom stereocenters. The normalized spacial score (nSPS) is 17.8. The second-order valence-electron chi connectivity index (χ2n) is 7.40. The van der Waals surface area contributed by atoms with Crippen LogP contribution in [0.15, 0.2) is 22.7 Å². The maximum atomic E-state index is 12.9. The highest BCUT2D eigenvalue weighted by Crippen LogP contribution is 2.33. The molecule has 1 atom stereocenters. The van der Waals surface area contributed by atoms with Crippen molar-refractivity contribution in [1.29, 1.82) is 0 Å². The summed E-state index contributed by atoms with van der Waals surface area (Å²) in [7, 11) is 0. The molecule has 1 aliphatic rings. The summed E-state index contributed by atoms with van der Waals surface area (Å²) >= 11 is 3.13. The number of nitrogens with one attached hydrogen (secondary N) is 1. The van der Waals surface area contributed by atoms with E-state index in [9.17, 15) is 22.8 Å². The molecule has 0 bridgehead atoms. The van der Waals surface area contributed by atoms with E-state index in [1.54, 1.807) is 20.8 Å². The van der Waals surface area contributed by atoms with Crippen LogP contribution < -0.4 is 10.1 Å². The van der Waals surface area contributed by atoms with E-state index in [0.717, 1.165) is 6.07 Å². The minimum Gasteiger partial charge on any atom is -0.444 e. The van der Waals surface area contributed by atoms with Crippen LogP contribution in [0, 0.1) is 0 Å². The van der Waals surface area contributed by atoms with Gasteiger partial charge < -0.3 is 19.7 Å². The number of ether oxygens (including phenoxy) is 2. The van der Waals surface area contributed by atoms with Gasteiger partial charge in [-0.2, -0.15) is 0 Å². The van der Waals surface area contributed by atoms with Crippen molar-refractivity contribution in [3.05, 3.63) is 28.2 Å². The fourth-order valence-corrected chi connectivity index (χ4v) is 3.35. The molecule has 1 aromatic rings. The summed E-state index contributed by atoms with van der Waals surface area (Å²) in [6.45, 7) is 5.72. The summed E-state index contributed by atoms with van der Waals surface area (Å²) in [6, 6.07) is 3.55. The molecule has 1 N–H and O–H groups in total. The number of hydrogen-bond acceptors (Lipinski definition) is 4. The van der Waals surface area contributed by atoms with E-state index >= 15 is 0 Å². The van der Waals surface area contributed by atoms with Gasteiger partial charge in [-0.3, -0.25) is 4.79 Å². The summed E-state index contributed by atoms with van der Waals surface area (Å²) in [4.78, 5) is 26.2. The molecular formula is C18H22BrF3N2O4. The monoisotopic (exact) mass is 466 g/mol. The van der Waals surface area contributed by atoms with Gasteiger partial charge in [0.15, 0.2) is 0 Å². The molecule has 1 aromatic carbocycles. The van der Waals surface area contributed by atoms with Crippen LogP contribution in [0.1, 0.15) is 44.0 Å². The van der Waals surface area contributed by atoms with Crippen LogP contribution in [0.5, 0.6) is 5.75 Å². The van der Waals surface area contributed by atoms with E-state index in [2.05, 4.69) is 26.0 Å². The van der Waals surface area contributed by atoms with Crippen molar-refractivity contribution in [2.45, 2.75) is 51.6 Å². The van der Waals surface area contributed by atoms with Crippen LogP contribution in [-0.4, -0.2) is 48.0 Å². The van der Waals surface area contributed by atoms with Gasteiger partial charge in [0.05, 0.1) is 5.56 Å². The number of rotatable bonds is 3. The molecule has 2 rings (SSSR count). The average Bonchev–Trinajstić information content (AvgIpc) is 2.51. The first-order chi connectivity index (χ1) is 12.9. The molecular weight excluding hydrogens is 445 g/mol. The number of amides is 2. The number of hydrogen-bond donors (Lipinski definition) is 1. The number of carbonyl (C=O) groups excluding carboxylic acids is 2. The van der Waals surface area contributed by atoms with Crippen LogP contribution >= 0.6 is 15.9 Å². The Morgan fingerprint density at radius 1 is 1.25 bits per heavy atom. The molecule has 0 saturated carbocycles. The second kappa shape index (κ2) is 8.59.